The number of halogens is 1. The summed E-state index contributed by atoms with van der Waals surface area (Å²) in [6.07, 6.45) is 5.49. The van der Waals surface area contributed by atoms with E-state index in [0.717, 1.165) is 11.8 Å². The molecule has 1 N–H and O–H groups in total. The van der Waals surface area contributed by atoms with E-state index in [4.69, 9.17) is 0 Å². The Bertz CT molecular complexity index is 374. The highest BCUT2D eigenvalue weighted by molar-refractivity contribution is 9.10. The fourth-order valence-corrected chi connectivity index (χ4v) is 3.86. The van der Waals surface area contributed by atoms with Crippen LogP contribution in [0.3, 0.4) is 0 Å². The highest BCUT2D eigenvalue weighted by atomic mass is 79.9. The third kappa shape index (κ3) is 3.36. The van der Waals surface area contributed by atoms with Gasteiger partial charge in [0.15, 0.2) is 0 Å². The molecule has 0 saturated heterocycles. The maximum atomic E-state index is 3.62. The number of rotatable bonds is 3. The fourth-order valence-electron chi connectivity index (χ4n) is 3.24. The van der Waals surface area contributed by atoms with Crippen LogP contribution in [0, 0.1) is 18.8 Å². The first-order valence-electron chi connectivity index (χ1n) is 7.04. The van der Waals surface area contributed by atoms with Gasteiger partial charge >= 0.3 is 0 Å². The van der Waals surface area contributed by atoms with Crippen molar-refractivity contribution in [3.63, 3.8) is 0 Å². The average molecular weight is 310 g/mol. The van der Waals surface area contributed by atoms with Gasteiger partial charge in [0, 0.05) is 10.5 Å². The predicted molar refractivity (Wildman–Crippen MR) is 81.8 cm³/mol. The van der Waals surface area contributed by atoms with Gasteiger partial charge in [0.2, 0.25) is 0 Å². The minimum absolute atomic E-state index is 0.508. The van der Waals surface area contributed by atoms with E-state index in [2.05, 4.69) is 60.3 Å². The molecule has 1 saturated carbocycles. The minimum Gasteiger partial charge on any atom is -0.313 e. The molecule has 1 atom stereocenters. The number of hydrogen-bond acceptors (Lipinski definition) is 1. The Morgan fingerprint density at radius 3 is 2.39 bits per heavy atom. The summed E-state index contributed by atoms with van der Waals surface area (Å²) in [7, 11) is 2.10. The van der Waals surface area contributed by atoms with Gasteiger partial charge in [-0.1, -0.05) is 41.8 Å². The summed E-state index contributed by atoms with van der Waals surface area (Å²) in [6.45, 7) is 4.55. The highest BCUT2D eigenvalue weighted by Gasteiger charge is 2.26. The quantitative estimate of drug-likeness (QED) is 0.842. The molecule has 2 rings (SSSR count). The molecule has 0 aromatic heterocycles. The molecule has 1 nitrogen and oxygen atoms in total. The fraction of sp³-hybridized carbons (Fsp3) is 0.625. The molecule has 1 aliphatic rings. The van der Waals surface area contributed by atoms with E-state index in [-0.39, 0.29) is 0 Å². The Hall–Kier alpha value is -0.340. The largest absolute Gasteiger partial charge is 0.313 e. The molecule has 0 radical (unpaired) electrons. The van der Waals surface area contributed by atoms with Gasteiger partial charge in [-0.15, -0.1) is 0 Å². The van der Waals surface area contributed by atoms with Crippen molar-refractivity contribution in [2.24, 2.45) is 11.8 Å². The van der Waals surface area contributed by atoms with Crippen LogP contribution in [0.25, 0.3) is 0 Å². The minimum atomic E-state index is 0.508. The van der Waals surface area contributed by atoms with Crippen LogP contribution in [0.15, 0.2) is 22.7 Å². The van der Waals surface area contributed by atoms with Crippen molar-refractivity contribution >= 4 is 15.9 Å². The molecule has 0 spiro atoms. The first-order chi connectivity index (χ1) is 8.60. The van der Waals surface area contributed by atoms with Crippen LogP contribution < -0.4 is 5.32 Å². The summed E-state index contributed by atoms with van der Waals surface area (Å²) >= 11 is 3.62. The monoisotopic (exact) mass is 309 g/mol. The normalized spacial score (nSPS) is 26.0. The lowest BCUT2D eigenvalue weighted by atomic mass is 9.77. The lowest BCUT2D eigenvalue weighted by Gasteiger charge is -2.33. The van der Waals surface area contributed by atoms with Crippen LogP contribution in [-0.4, -0.2) is 7.05 Å². The van der Waals surface area contributed by atoms with Gasteiger partial charge in [-0.3, -0.25) is 0 Å². The summed E-state index contributed by atoms with van der Waals surface area (Å²) in [5.74, 6) is 1.71. The van der Waals surface area contributed by atoms with E-state index in [9.17, 15) is 0 Å². The van der Waals surface area contributed by atoms with Crippen molar-refractivity contribution in [2.75, 3.05) is 7.05 Å². The van der Waals surface area contributed by atoms with Gasteiger partial charge in [-0.2, -0.15) is 0 Å². The number of benzene rings is 1. The molecule has 2 heteroatoms. The van der Waals surface area contributed by atoms with E-state index in [0.29, 0.717) is 6.04 Å². The molecule has 1 aromatic carbocycles. The number of nitrogens with one attached hydrogen (secondary N) is 1. The molecular formula is C16H24BrN. The van der Waals surface area contributed by atoms with Gasteiger partial charge in [0.25, 0.3) is 0 Å². The summed E-state index contributed by atoms with van der Waals surface area (Å²) in [5, 5.41) is 3.54. The second-order valence-corrected chi connectivity index (χ2v) is 6.76. The maximum Gasteiger partial charge on any atom is 0.0346 e. The van der Waals surface area contributed by atoms with Gasteiger partial charge in [-0.05, 0) is 61.9 Å². The second-order valence-electron chi connectivity index (χ2n) is 5.85. The molecule has 0 heterocycles. The topological polar surface area (TPSA) is 12.0 Å². The molecule has 100 valence electrons. The van der Waals surface area contributed by atoms with Crippen molar-refractivity contribution in [1.29, 1.82) is 0 Å². The zero-order valence-electron chi connectivity index (χ0n) is 11.7. The Balaban J connectivity index is 2.17. The summed E-state index contributed by atoms with van der Waals surface area (Å²) in [5.41, 5.74) is 2.77. The first-order valence-corrected chi connectivity index (χ1v) is 7.84. The number of aryl methyl sites for hydroxylation is 1. The molecule has 1 fully saturated rings. The lowest BCUT2D eigenvalue weighted by molar-refractivity contribution is 0.238. The van der Waals surface area contributed by atoms with Crippen LogP contribution in [-0.2, 0) is 0 Å². The van der Waals surface area contributed by atoms with E-state index < -0.39 is 0 Å². The van der Waals surface area contributed by atoms with Crippen LogP contribution in [0.1, 0.15) is 49.8 Å². The lowest BCUT2D eigenvalue weighted by Crippen LogP contribution is -2.28. The van der Waals surface area contributed by atoms with Gasteiger partial charge < -0.3 is 5.32 Å². The number of hydrogen-bond donors (Lipinski definition) is 1. The van der Waals surface area contributed by atoms with E-state index in [1.54, 1.807) is 0 Å². The molecular weight excluding hydrogens is 286 g/mol. The van der Waals surface area contributed by atoms with Crippen molar-refractivity contribution < 1.29 is 0 Å². The smallest absolute Gasteiger partial charge is 0.0346 e. The first kappa shape index (κ1) is 14.1. The third-order valence-electron chi connectivity index (χ3n) is 4.27. The Kier molecular flexibility index (Phi) is 4.85. The van der Waals surface area contributed by atoms with Crippen molar-refractivity contribution in [2.45, 2.75) is 45.6 Å². The molecule has 1 aliphatic carbocycles. The molecule has 0 aliphatic heterocycles. The third-order valence-corrected chi connectivity index (χ3v) is 4.72. The van der Waals surface area contributed by atoms with Gasteiger partial charge in [0.1, 0.15) is 0 Å². The predicted octanol–water partition coefficient (Wildman–Crippen LogP) is 4.84. The zero-order chi connectivity index (χ0) is 13.1. The van der Waals surface area contributed by atoms with E-state index >= 15 is 0 Å². The molecule has 0 amide bonds. The van der Waals surface area contributed by atoms with Crippen LogP contribution >= 0.6 is 15.9 Å². The van der Waals surface area contributed by atoms with Gasteiger partial charge in [0.05, 0.1) is 0 Å². The van der Waals surface area contributed by atoms with Crippen molar-refractivity contribution in [1.82, 2.24) is 5.32 Å². The Morgan fingerprint density at radius 1 is 1.17 bits per heavy atom. The Labute approximate surface area is 119 Å². The molecule has 1 aromatic rings. The summed E-state index contributed by atoms with van der Waals surface area (Å²) < 4.78 is 1.20. The molecule has 0 bridgehead atoms. The van der Waals surface area contributed by atoms with E-state index in [1.165, 1.54) is 41.3 Å². The summed E-state index contributed by atoms with van der Waals surface area (Å²) in [4.78, 5) is 0. The standard InChI is InChI=1S/C16H24BrN/c1-11-4-6-13(7-5-11)16(18-3)14-8-12(2)9-15(17)10-14/h8-11,13,16,18H,4-7H2,1-3H3. The second kappa shape index (κ2) is 6.21. The molecule has 18 heavy (non-hydrogen) atoms. The highest BCUT2D eigenvalue weighted by Crippen LogP contribution is 2.37. The zero-order valence-corrected chi connectivity index (χ0v) is 13.3. The molecule has 1 unspecified atom stereocenters. The summed E-state index contributed by atoms with van der Waals surface area (Å²) in [6, 6.07) is 7.28. The average Bonchev–Trinajstić information content (AvgIpc) is 2.31. The maximum absolute atomic E-state index is 3.62. The Morgan fingerprint density at radius 2 is 1.83 bits per heavy atom. The van der Waals surface area contributed by atoms with Crippen molar-refractivity contribution in [3.8, 4) is 0 Å². The van der Waals surface area contributed by atoms with Crippen molar-refractivity contribution in [3.05, 3.63) is 33.8 Å². The SMILES string of the molecule is CNC(c1cc(C)cc(Br)c1)C1CCC(C)CC1. The van der Waals surface area contributed by atoms with Gasteiger partial charge in [-0.25, -0.2) is 0 Å². The van der Waals surface area contributed by atoms with E-state index in [1.807, 2.05) is 0 Å². The van der Waals surface area contributed by atoms with Crippen LogP contribution in [0.4, 0.5) is 0 Å². The van der Waals surface area contributed by atoms with Crippen LogP contribution in [0.2, 0.25) is 0 Å². The van der Waals surface area contributed by atoms with Crippen LogP contribution in [0.5, 0.6) is 0 Å².